The van der Waals surface area contributed by atoms with E-state index < -0.39 is 5.41 Å². The Bertz CT molecular complexity index is 2790. The number of nitrogens with zero attached hydrogens (tertiary/aromatic N) is 3. The summed E-state index contributed by atoms with van der Waals surface area (Å²) in [4.78, 5) is 2.33. The number of anilines is 3. The van der Waals surface area contributed by atoms with Crippen LogP contribution in [0, 0.1) is 11.3 Å². The molecule has 0 aliphatic heterocycles. The van der Waals surface area contributed by atoms with Crippen LogP contribution in [0.1, 0.15) is 27.8 Å². The van der Waals surface area contributed by atoms with Crippen LogP contribution < -0.4 is 4.90 Å². The Labute approximate surface area is 308 Å². The number of para-hydroxylation sites is 2. The van der Waals surface area contributed by atoms with Crippen LogP contribution in [0.4, 0.5) is 17.1 Å². The van der Waals surface area contributed by atoms with E-state index in [1.54, 1.807) is 0 Å². The maximum Gasteiger partial charge on any atom is 0.0991 e. The van der Waals surface area contributed by atoms with Gasteiger partial charge < -0.3 is 9.47 Å². The van der Waals surface area contributed by atoms with E-state index in [0.29, 0.717) is 5.56 Å². The minimum absolute atomic E-state index is 0.520. The van der Waals surface area contributed by atoms with Crippen molar-refractivity contribution in [2.24, 2.45) is 0 Å². The summed E-state index contributed by atoms with van der Waals surface area (Å²) in [5.74, 6) is 0. The fraction of sp³-hybridized carbons (Fsp3) is 0.0200. The van der Waals surface area contributed by atoms with Gasteiger partial charge in [0.05, 0.1) is 28.1 Å². The third-order valence-electron chi connectivity index (χ3n) is 10.9. The Morgan fingerprint density at radius 3 is 1.70 bits per heavy atom. The van der Waals surface area contributed by atoms with Gasteiger partial charge in [-0.05, 0) is 106 Å². The van der Waals surface area contributed by atoms with E-state index in [2.05, 4.69) is 204 Å². The maximum absolute atomic E-state index is 9.72. The predicted molar refractivity (Wildman–Crippen MR) is 217 cm³/mol. The second-order valence-corrected chi connectivity index (χ2v) is 13.6. The molecule has 0 fully saturated rings. The van der Waals surface area contributed by atoms with E-state index in [1.165, 1.54) is 49.7 Å². The highest BCUT2D eigenvalue weighted by Gasteiger charge is 2.46. The molecule has 9 aromatic rings. The Kier molecular flexibility index (Phi) is 7.09. The van der Waals surface area contributed by atoms with Gasteiger partial charge in [-0.25, -0.2) is 0 Å². The maximum atomic E-state index is 9.72. The average molecular weight is 676 g/mol. The summed E-state index contributed by atoms with van der Waals surface area (Å²) in [6.07, 6.45) is 0. The average Bonchev–Trinajstić information content (AvgIpc) is 3.72. The molecule has 0 saturated heterocycles. The van der Waals surface area contributed by atoms with Crippen LogP contribution >= 0.6 is 0 Å². The van der Waals surface area contributed by atoms with Crippen molar-refractivity contribution in [2.75, 3.05) is 4.90 Å². The summed E-state index contributed by atoms with van der Waals surface area (Å²) >= 11 is 0. The second-order valence-electron chi connectivity index (χ2n) is 13.6. The van der Waals surface area contributed by atoms with Gasteiger partial charge in [0.15, 0.2) is 0 Å². The molecule has 0 N–H and O–H groups in total. The first kappa shape index (κ1) is 30.7. The van der Waals surface area contributed by atoms with Gasteiger partial charge in [0, 0.05) is 33.5 Å². The molecule has 53 heavy (non-hydrogen) atoms. The summed E-state index contributed by atoms with van der Waals surface area (Å²) in [5, 5.41) is 12.1. The smallest absolute Gasteiger partial charge is 0.0991 e. The minimum atomic E-state index is -0.520. The van der Waals surface area contributed by atoms with Crippen molar-refractivity contribution in [2.45, 2.75) is 5.41 Å². The zero-order chi connectivity index (χ0) is 35.4. The Morgan fingerprint density at radius 1 is 0.434 bits per heavy atom. The van der Waals surface area contributed by atoms with Gasteiger partial charge in [0.25, 0.3) is 0 Å². The molecule has 3 nitrogen and oxygen atoms in total. The zero-order valence-corrected chi connectivity index (χ0v) is 28.9. The standard InChI is InChI=1S/C50H33N3/c51-34-35-24-26-39(27-25-35)52(40-29-31-49-45(32-40)44-21-11-13-23-48(44)53(49)38-18-8-3-9-19-38)41-28-30-43-42-20-10-12-22-46(42)50(47(43)33-41,36-14-4-1-5-15-36)37-16-6-2-7-17-37/h1-33H. The first-order chi connectivity index (χ1) is 26.3. The number of rotatable bonds is 6. The number of benzene rings is 8. The number of aromatic nitrogens is 1. The van der Waals surface area contributed by atoms with E-state index in [9.17, 15) is 5.26 Å². The highest BCUT2D eigenvalue weighted by molar-refractivity contribution is 6.10. The van der Waals surface area contributed by atoms with E-state index in [4.69, 9.17) is 0 Å². The van der Waals surface area contributed by atoms with Crippen molar-refractivity contribution in [1.82, 2.24) is 4.57 Å². The lowest BCUT2D eigenvalue weighted by molar-refractivity contribution is 0.768. The highest BCUT2D eigenvalue weighted by Crippen LogP contribution is 2.57. The van der Waals surface area contributed by atoms with E-state index >= 15 is 0 Å². The molecule has 0 radical (unpaired) electrons. The minimum Gasteiger partial charge on any atom is -0.310 e. The molecular weight excluding hydrogens is 643 g/mol. The first-order valence-corrected chi connectivity index (χ1v) is 18.0. The summed E-state index contributed by atoms with van der Waals surface area (Å²) in [6, 6.07) is 73.9. The van der Waals surface area contributed by atoms with Gasteiger partial charge in [-0.15, -0.1) is 0 Å². The number of hydrogen-bond donors (Lipinski definition) is 0. The Balaban J connectivity index is 1.24. The van der Waals surface area contributed by atoms with E-state index in [1.807, 2.05) is 12.1 Å². The molecular formula is C50H33N3. The molecule has 0 atom stereocenters. The van der Waals surface area contributed by atoms with Crippen LogP contribution in [0.5, 0.6) is 0 Å². The summed E-state index contributed by atoms with van der Waals surface area (Å²) in [7, 11) is 0. The van der Waals surface area contributed by atoms with Crippen LogP contribution in [0.2, 0.25) is 0 Å². The molecule has 0 saturated carbocycles. The van der Waals surface area contributed by atoms with Crippen molar-refractivity contribution in [1.29, 1.82) is 5.26 Å². The quantitative estimate of drug-likeness (QED) is 0.176. The molecule has 248 valence electrons. The molecule has 1 aliphatic rings. The zero-order valence-electron chi connectivity index (χ0n) is 28.9. The fourth-order valence-corrected chi connectivity index (χ4v) is 8.66. The van der Waals surface area contributed by atoms with Gasteiger partial charge in [0.1, 0.15) is 0 Å². The number of nitriles is 1. The van der Waals surface area contributed by atoms with Crippen LogP contribution in [-0.2, 0) is 5.41 Å². The van der Waals surface area contributed by atoms with Crippen molar-refractivity contribution in [3.05, 3.63) is 228 Å². The Morgan fingerprint density at radius 2 is 0.981 bits per heavy atom. The molecule has 0 bridgehead atoms. The topological polar surface area (TPSA) is 32.0 Å². The van der Waals surface area contributed by atoms with Crippen LogP contribution in [0.25, 0.3) is 38.6 Å². The van der Waals surface area contributed by atoms with Crippen LogP contribution in [0.3, 0.4) is 0 Å². The summed E-state index contributed by atoms with van der Waals surface area (Å²) < 4.78 is 2.35. The molecule has 3 heteroatoms. The fourth-order valence-electron chi connectivity index (χ4n) is 8.66. The van der Waals surface area contributed by atoms with Gasteiger partial charge in [-0.2, -0.15) is 5.26 Å². The molecule has 1 heterocycles. The van der Waals surface area contributed by atoms with Crippen molar-refractivity contribution < 1.29 is 0 Å². The Hall–Kier alpha value is -7.15. The summed E-state index contributed by atoms with van der Waals surface area (Å²) in [6.45, 7) is 0. The van der Waals surface area contributed by atoms with Gasteiger partial charge in [0.2, 0.25) is 0 Å². The lowest BCUT2D eigenvalue weighted by atomic mass is 9.67. The van der Waals surface area contributed by atoms with Gasteiger partial charge >= 0.3 is 0 Å². The van der Waals surface area contributed by atoms with Crippen LogP contribution in [0.15, 0.2) is 200 Å². The van der Waals surface area contributed by atoms with Crippen molar-refractivity contribution >= 4 is 38.9 Å². The lowest BCUT2D eigenvalue weighted by Gasteiger charge is -2.35. The number of hydrogen-bond acceptors (Lipinski definition) is 2. The molecule has 1 aromatic heterocycles. The van der Waals surface area contributed by atoms with E-state index in [0.717, 1.165) is 28.3 Å². The molecule has 8 aromatic carbocycles. The predicted octanol–water partition coefficient (Wildman–Crippen LogP) is 12.5. The highest BCUT2D eigenvalue weighted by atomic mass is 15.1. The number of fused-ring (bicyclic) bond motifs is 6. The second kappa shape index (κ2) is 12.3. The van der Waals surface area contributed by atoms with Crippen LogP contribution in [-0.4, -0.2) is 4.57 Å². The lowest BCUT2D eigenvalue weighted by Crippen LogP contribution is -2.28. The molecule has 10 rings (SSSR count). The monoisotopic (exact) mass is 675 g/mol. The third-order valence-corrected chi connectivity index (χ3v) is 10.9. The first-order valence-electron chi connectivity index (χ1n) is 18.0. The largest absolute Gasteiger partial charge is 0.310 e. The summed E-state index contributed by atoms with van der Waals surface area (Å²) in [5.41, 5.74) is 14.1. The molecule has 1 aliphatic carbocycles. The van der Waals surface area contributed by atoms with Gasteiger partial charge in [-0.1, -0.05) is 127 Å². The van der Waals surface area contributed by atoms with Gasteiger partial charge in [-0.3, -0.25) is 0 Å². The SMILES string of the molecule is N#Cc1ccc(N(c2ccc3c(c2)C(c2ccccc2)(c2ccccc2)c2ccccc2-3)c2ccc3c(c2)c2ccccc2n3-c2ccccc2)cc1. The molecule has 0 unspecified atom stereocenters. The van der Waals surface area contributed by atoms with E-state index in [-0.39, 0.29) is 0 Å². The van der Waals surface area contributed by atoms with Crippen molar-refractivity contribution in [3.8, 4) is 22.9 Å². The molecule has 0 spiro atoms. The van der Waals surface area contributed by atoms with Crippen molar-refractivity contribution in [3.63, 3.8) is 0 Å². The molecule has 0 amide bonds. The third kappa shape index (κ3) is 4.67. The normalized spacial score (nSPS) is 12.7.